The highest BCUT2D eigenvalue weighted by Gasteiger charge is 2.13. The molecular weight excluding hydrogens is 290 g/mol. The molecule has 0 atom stereocenters. The first-order valence-electron chi connectivity index (χ1n) is 9.40. The van der Waals surface area contributed by atoms with Crippen LogP contribution in [0.2, 0.25) is 0 Å². The maximum absolute atomic E-state index is 2.53. The number of rotatable bonds is 7. The molecule has 0 amide bonds. The van der Waals surface area contributed by atoms with Crippen LogP contribution in [0, 0.1) is 0 Å². The lowest BCUT2D eigenvalue weighted by molar-refractivity contribution is 0.294. The van der Waals surface area contributed by atoms with E-state index in [-0.39, 0.29) is 0 Å². The minimum absolute atomic E-state index is 1.06. The van der Waals surface area contributed by atoms with Crippen molar-refractivity contribution in [2.24, 2.45) is 0 Å². The molecule has 1 heteroatoms. The summed E-state index contributed by atoms with van der Waals surface area (Å²) >= 11 is 0. The Hall–Kier alpha value is -1.86. The van der Waals surface area contributed by atoms with Crippen molar-refractivity contribution in [1.29, 1.82) is 0 Å². The zero-order chi connectivity index (χ0) is 16.6. The third-order valence-corrected chi connectivity index (χ3v) is 4.94. The summed E-state index contributed by atoms with van der Waals surface area (Å²) in [5.41, 5.74) is 5.81. The minimum Gasteiger partial charge on any atom is -0.295 e. The third-order valence-electron chi connectivity index (χ3n) is 4.94. The highest BCUT2D eigenvalue weighted by Crippen LogP contribution is 2.24. The number of nitrogens with zero attached hydrogens (tertiary/aromatic N) is 1. The van der Waals surface area contributed by atoms with Gasteiger partial charge >= 0.3 is 0 Å². The fourth-order valence-corrected chi connectivity index (χ4v) is 3.42. The van der Waals surface area contributed by atoms with Crippen LogP contribution in [0.4, 0.5) is 0 Å². The van der Waals surface area contributed by atoms with Crippen molar-refractivity contribution in [2.75, 3.05) is 13.1 Å². The van der Waals surface area contributed by atoms with E-state index in [0.29, 0.717) is 0 Å². The van der Waals surface area contributed by atoms with E-state index in [1.165, 1.54) is 47.9 Å². The minimum atomic E-state index is 1.06. The predicted octanol–water partition coefficient (Wildman–Crippen LogP) is 5.71. The molecule has 0 bridgehead atoms. The normalized spacial score (nSPS) is 15.3. The van der Waals surface area contributed by atoms with E-state index >= 15 is 0 Å². The Morgan fingerprint density at radius 3 is 2.33 bits per heavy atom. The van der Waals surface area contributed by atoms with Crippen molar-refractivity contribution in [3.8, 4) is 0 Å². The quantitative estimate of drug-likeness (QED) is 0.591. The van der Waals surface area contributed by atoms with Crippen LogP contribution in [-0.2, 0) is 13.0 Å². The molecule has 0 unspecified atom stereocenters. The molecule has 0 saturated carbocycles. The van der Waals surface area contributed by atoms with Crippen LogP contribution in [0.3, 0.4) is 0 Å². The molecule has 1 nitrogen and oxygen atoms in total. The highest BCUT2D eigenvalue weighted by atomic mass is 15.1. The van der Waals surface area contributed by atoms with E-state index in [9.17, 15) is 0 Å². The molecule has 0 spiro atoms. The average molecular weight is 319 g/mol. The van der Waals surface area contributed by atoms with E-state index in [4.69, 9.17) is 0 Å². The molecule has 1 aliphatic heterocycles. The first-order valence-corrected chi connectivity index (χ1v) is 9.40. The summed E-state index contributed by atoms with van der Waals surface area (Å²) < 4.78 is 0. The number of hydrogen-bond donors (Lipinski definition) is 0. The Bertz CT molecular complexity index is 639. The molecule has 0 saturated heterocycles. The van der Waals surface area contributed by atoms with Gasteiger partial charge in [0.25, 0.3) is 0 Å². The van der Waals surface area contributed by atoms with Gasteiger partial charge in [-0.25, -0.2) is 0 Å². The molecule has 1 heterocycles. The Labute approximate surface area is 147 Å². The van der Waals surface area contributed by atoms with Crippen LogP contribution in [0.1, 0.15) is 49.3 Å². The maximum atomic E-state index is 2.53. The van der Waals surface area contributed by atoms with Crippen molar-refractivity contribution in [3.05, 3.63) is 77.4 Å². The monoisotopic (exact) mass is 319 g/mol. The number of hydrogen-bond acceptors (Lipinski definition) is 1. The van der Waals surface area contributed by atoms with Gasteiger partial charge in [-0.05, 0) is 41.5 Å². The van der Waals surface area contributed by atoms with Crippen molar-refractivity contribution < 1.29 is 0 Å². The molecule has 1 aliphatic rings. The van der Waals surface area contributed by atoms with Crippen LogP contribution < -0.4 is 0 Å². The first-order chi connectivity index (χ1) is 11.8. The van der Waals surface area contributed by atoms with Gasteiger partial charge in [-0.1, -0.05) is 80.4 Å². The van der Waals surface area contributed by atoms with Crippen LogP contribution in [0.15, 0.2) is 60.7 Å². The zero-order valence-electron chi connectivity index (χ0n) is 14.9. The second-order valence-electron chi connectivity index (χ2n) is 6.85. The van der Waals surface area contributed by atoms with Gasteiger partial charge in [0.1, 0.15) is 0 Å². The highest BCUT2D eigenvalue weighted by molar-refractivity contribution is 5.66. The van der Waals surface area contributed by atoms with Gasteiger partial charge in [0.2, 0.25) is 0 Å². The lowest BCUT2D eigenvalue weighted by Gasteiger charge is -2.26. The zero-order valence-corrected chi connectivity index (χ0v) is 14.9. The van der Waals surface area contributed by atoms with Gasteiger partial charge in [0.15, 0.2) is 0 Å². The smallest absolute Gasteiger partial charge is 0.0237 e. The van der Waals surface area contributed by atoms with Gasteiger partial charge in [0.05, 0.1) is 0 Å². The predicted molar refractivity (Wildman–Crippen MR) is 104 cm³/mol. The SMILES string of the molecule is CCCCCc1ccc(C2=CCN(Cc3ccccc3)CC2)cc1. The summed E-state index contributed by atoms with van der Waals surface area (Å²) in [5.74, 6) is 0. The average Bonchev–Trinajstić information content (AvgIpc) is 2.64. The van der Waals surface area contributed by atoms with Crippen LogP contribution >= 0.6 is 0 Å². The maximum Gasteiger partial charge on any atom is 0.0237 e. The van der Waals surface area contributed by atoms with Gasteiger partial charge in [-0.15, -0.1) is 0 Å². The van der Waals surface area contributed by atoms with Gasteiger partial charge in [0, 0.05) is 19.6 Å². The van der Waals surface area contributed by atoms with E-state index < -0.39 is 0 Å². The first kappa shape index (κ1) is 17.0. The summed E-state index contributed by atoms with van der Waals surface area (Å²) in [5, 5.41) is 0. The van der Waals surface area contributed by atoms with Crippen LogP contribution in [-0.4, -0.2) is 18.0 Å². The molecule has 0 aromatic heterocycles. The van der Waals surface area contributed by atoms with Gasteiger partial charge in [-0.3, -0.25) is 4.90 Å². The van der Waals surface area contributed by atoms with E-state index in [1.54, 1.807) is 0 Å². The summed E-state index contributed by atoms with van der Waals surface area (Å²) in [4.78, 5) is 2.53. The molecule has 0 radical (unpaired) electrons. The number of benzene rings is 2. The third kappa shape index (κ3) is 4.82. The molecule has 0 N–H and O–H groups in total. The molecule has 126 valence electrons. The van der Waals surface area contributed by atoms with Crippen LogP contribution in [0.25, 0.3) is 5.57 Å². The largest absolute Gasteiger partial charge is 0.295 e. The lowest BCUT2D eigenvalue weighted by Crippen LogP contribution is -2.27. The Balaban J connectivity index is 1.54. The molecule has 0 fully saturated rings. The fraction of sp³-hybridized carbons (Fsp3) is 0.391. The molecule has 24 heavy (non-hydrogen) atoms. The standard InChI is InChI=1S/C23H29N/c1-2-3-5-8-20-11-13-22(14-12-20)23-15-17-24(18-16-23)19-21-9-6-4-7-10-21/h4,6-7,9-15H,2-3,5,8,16-19H2,1H3. The Morgan fingerprint density at radius 1 is 0.875 bits per heavy atom. The lowest BCUT2D eigenvalue weighted by atomic mass is 9.97. The summed E-state index contributed by atoms with van der Waals surface area (Å²) in [6.45, 7) is 5.53. The van der Waals surface area contributed by atoms with E-state index in [2.05, 4.69) is 72.5 Å². The number of unbranched alkanes of at least 4 members (excludes halogenated alkanes) is 2. The van der Waals surface area contributed by atoms with Gasteiger partial charge < -0.3 is 0 Å². The molecule has 0 aliphatic carbocycles. The van der Waals surface area contributed by atoms with Gasteiger partial charge in [-0.2, -0.15) is 0 Å². The fourth-order valence-electron chi connectivity index (χ4n) is 3.42. The van der Waals surface area contributed by atoms with E-state index in [1.807, 2.05) is 0 Å². The van der Waals surface area contributed by atoms with Crippen molar-refractivity contribution in [2.45, 2.75) is 45.6 Å². The van der Waals surface area contributed by atoms with Crippen molar-refractivity contribution in [1.82, 2.24) is 4.90 Å². The Morgan fingerprint density at radius 2 is 1.67 bits per heavy atom. The summed E-state index contributed by atoms with van der Waals surface area (Å²) in [6.07, 6.45) is 8.74. The molecular formula is C23H29N. The Kier molecular flexibility index (Phi) is 6.26. The second kappa shape index (κ2) is 8.84. The van der Waals surface area contributed by atoms with E-state index in [0.717, 1.165) is 26.1 Å². The topological polar surface area (TPSA) is 3.24 Å². The second-order valence-corrected chi connectivity index (χ2v) is 6.85. The van der Waals surface area contributed by atoms with Crippen molar-refractivity contribution >= 4 is 5.57 Å². The summed E-state index contributed by atoms with van der Waals surface area (Å²) in [7, 11) is 0. The number of aryl methyl sites for hydroxylation is 1. The van der Waals surface area contributed by atoms with Crippen molar-refractivity contribution in [3.63, 3.8) is 0 Å². The molecule has 3 rings (SSSR count). The molecule has 2 aromatic carbocycles. The summed E-state index contributed by atoms with van der Waals surface area (Å²) in [6, 6.07) is 20.1. The van der Waals surface area contributed by atoms with Crippen LogP contribution in [0.5, 0.6) is 0 Å². The molecule has 2 aromatic rings.